The summed E-state index contributed by atoms with van der Waals surface area (Å²) in [6, 6.07) is 9.76. The second kappa shape index (κ2) is 12.1. The van der Waals surface area contributed by atoms with Gasteiger partial charge in [-0.3, -0.25) is 4.68 Å². The van der Waals surface area contributed by atoms with Crippen molar-refractivity contribution in [2.24, 2.45) is 0 Å². The van der Waals surface area contributed by atoms with Crippen molar-refractivity contribution in [2.75, 3.05) is 6.61 Å². The molecule has 2 aromatic heterocycles. The average Bonchev–Trinajstić information content (AvgIpc) is 3.26. The molecule has 39 heavy (non-hydrogen) atoms. The fourth-order valence-corrected chi connectivity index (χ4v) is 4.49. The minimum absolute atomic E-state index is 0.0277. The lowest BCUT2D eigenvalue weighted by atomic mass is 10.1. The van der Waals surface area contributed by atoms with Gasteiger partial charge in [-0.1, -0.05) is 44.5 Å². The quantitative estimate of drug-likeness (QED) is 0.266. The average molecular weight is 577 g/mol. The Labute approximate surface area is 236 Å². The Bertz CT molecular complexity index is 1290. The number of carbonyl (C=O) groups is 1. The number of amides is 1. The van der Waals surface area contributed by atoms with Crippen molar-refractivity contribution in [3.05, 3.63) is 59.6 Å². The zero-order valence-electron chi connectivity index (χ0n) is 23.8. The van der Waals surface area contributed by atoms with Gasteiger partial charge in [-0.25, -0.2) is 14.2 Å². The summed E-state index contributed by atoms with van der Waals surface area (Å²) in [5, 5.41) is 7.85. The Morgan fingerprint density at radius 2 is 1.87 bits per heavy atom. The first-order chi connectivity index (χ1) is 18.0. The van der Waals surface area contributed by atoms with E-state index in [0.29, 0.717) is 24.6 Å². The zero-order valence-corrected chi connectivity index (χ0v) is 25.6. The minimum atomic E-state index is -2.05. The first-order valence-corrected chi connectivity index (χ1v) is 16.1. The Morgan fingerprint density at radius 1 is 1.15 bits per heavy atom. The van der Waals surface area contributed by atoms with Gasteiger partial charge in [0.25, 0.3) is 5.88 Å². The van der Waals surface area contributed by atoms with Gasteiger partial charge < -0.3 is 19.2 Å². The number of carbonyl (C=O) groups excluding carboxylic acids is 1. The number of nitrogens with one attached hydrogen (secondary N) is 1. The molecule has 212 valence electrons. The van der Waals surface area contributed by atoms with Crippen LogP contribution in [0.4, 0.5) is 9.18 Å². The number of hydrogen-bond acceptors (Lipinski definition) is 6. The van der Waals surface area contributed by atoms with E-state index < -0.39 is 25.8 Å². The molecule has 1 N–H and O–H groups in total. The van der Waals surface area contributed by atoms with E-state index in [1.807, 2.05) is 39.1 Å². The fourth-order valence-electron chi connectivity index (χ4n) is 3.29. The molecule has 0 spiro atoms. The van der Waals surface area contributed by atoms with E-state index in [-0.39, 0.29) is 22.0 Å². The summed E-state index contributed by atoms with van der Waals surface area (Å²) in [6.45, 7) is 17.0. The first-order valence-electron chi connectivity index (χ1n) is 12.8. The van der Waals surface area contributed by atoms with Crippen LogP contribution in [0.5, 0.6) is 11.6 Å². The topological polar surface area (TPSA) is 87.5 Å². The lowest BCUT2D eigenvalue weighted by Crippen LogP contribution is -2.48. The second-order valence-electron chi connectivity index (χ2n) is 11.9. The van der Waals surface area contributed by atoms with E-state index in [0.717, 1.165) is 11.6 Å². The van der Waals surface area contributed by atoms with Crippen LogP contribution in [0.1, 0.15) is 41.5 Å². The maximum absolute atomic E-state index is 14.1. The third-order valence-electron chi connectivity index (χ3n) is 6.34. The molecule has 0 unspecified atom stereocenters. The maximum Gasteiger partial charge on any atom is 0.408 e. The number of nitrogens with zero attached hydrogens (tertiary/aromatic N) is 3. The fraction of sp³-hybridized carbons (Fsp3) is 0.464. The van der Waals surface area contributed by atoms with Gasteiger partial charge in [0.1, 0.15) is 11.4 Å². The molecule has 1 aromatic carbocycles. The monoisotopic (exact) mass is 576 g/mol. The highest BCUT2D eigenvalue weighted by molar-refractivity contribution is 6.74. The molecule has 1 atom stereocenters. The van der Waals surface area contributed by atoms with Gasteiger partial charge in [-0.2, -0.15) is 5.10 Å². The second-order valence-corrected chi connectivity index (χ2v) is 17.2. The van der Waals surface area contributed by atoms with Crippen LogP contribution in [-0.4, -0.2) is 47.4 Å². The van der Waals surface area contributed by atoms with Gasteiger partial charge in [0, 0.05) is 18.0 Å². The molecule has 0 aliphatic heterocycles. The number of ether oxygens (including phenoxy) is 2. The zero-order chi connectivity index (χ0) is 29.0. The van der Waals surface area contributed by atoms with Gasteiger partial charge in [0.05, 0.1) is 29.9 Å². The lowest BCUT2D eigenvalue weighted by molar-refractivity contribution is 0.0477. The largest absolute Gasteiger partial charge is 0.444 e. The van der Waals surface area contributed by atoms with Crippen molar-refractivity contribution in [1.82, 2.24) is 20.1 Å². The Balaban J connectivity index is 1.76. The van der Waals surface area contributed by atoms with Crippen LogP contribution in [-0.2, 0) is 15.7 Å². The summed E-state index contributed by atoms with van der Waals surface area (Å²) < 4.78 is 33.4. The molecule has 0 saturated carbocycles. The van der Waals surface area contributed by atoms with E-state index in [9.17, 15) is 9.18 Å². The van der Waals surface area contributed by atoms with Crippen LogP contribution in [0, 0.1) is 5.82 Å². The minimum Gasteiger partial charge on any atom is -0.444 e. The van der Waals surface area contributed by atoms with Crippen molar-refractivity contribution in [1.29, 1.82) is 0 Å². The molecule has 0 aliphatic rings. The molecule has 3 aromatic rings. The highest BCUT2D eigenvalue weighted by Crippen LogP contribution is 2.36. The Kier molecular flexibility index (Phi) is 9.46. The summed E-state index contributed by atoms with van der Waals surface area (Å²) in [5.41, 5.74) is 0.840. The van der Waals surface area contributed by atoms with Crippen molar-refractivity contribution in [3.8, 4) is 22.9 Å². The van der Waals surface area contributed by atoms with Gasteiger partial charge in [-0.05, 0) is 63.2 Å². The van der Waals surface area contributed by atoms with Crippen LogP contribution >= 0.6 is 11.6 Å². The van der Waals surface area contributed by atoms with Gasteiger partial charge in [-0.15, -0.1) is 0 Å². The standard InChI is InChI=1S/C28H38ClFN4O4Si/c1-27(2,3)38-26(35)32-21(18-36-39(7,8)28(4,5)6)17-34-13-12-24(33-34)19-10-9-11-22(14-19)37-25-23(30)15-20(29)16-31-25/h9-16,21H,17-18H2,1-8H3,(H,32,35)/t21-/m0/s1. The van der Waals surface area contributed by atoms with Crippen molar-refractivity contribution in [3.63, 3.8) is 0 Å². The lowest BCUT2D eigenvalue weighted by Gasteiger charge is -2.37. The molecule has 0 radical (unpaired) electrons. The number of benzene rings is 1. The Hall–Kier alpha value is -2.95. The molecule has 8 nitrogen and oxygen atoms in total. The molecular weight excluding hydrogens is 539 g/mol. The molecule has 1 amide bonds. The molecule has 3 rings (SSSR count). The smallest absolute Gasteiger partial charge is 0.408 e. The summed E-state index contributed by atoms with van der Waals surface area (Å²) >= 11 is 5.78. The summed E-state index contributed by atoms with van der Waals surface area (Å²) in [5.74, 6) is -0.413. The predicted octanol–water partition coefficient (Wildman–Crippen LogP) is 7.45. The third kappa shape index (κ3) is 9.05. The number of hydrogen-bond donors (Lipinski definition) is 1. The molecular formula is C28H38ClFN4O4Si. The summed E-state index contributed by atoms with van der Waals surface area (Å²) in [4.78, 5) is 16.5. The number of aromatic nitrogens is 3. The Morgan fingerprint density at radius 3 is 2.51 bits per heavy atom. The summed E-state index contributed by atoms with van der Waals surface area (Å²) in [7, 11) is -2.05. The van der Waals surface area contributed by atoms with Crippen molar-refractivity contribution >= 4 is 26.0 Å². The third-order valence-corrected chi connectivity index (χ3v) is 11.0. The van der Waals surface area contributed by atoms with Crippen LogP contribution in [0.2, 0.25) is 23.2 Å². The van der Waals surface area contributed by atoms with Gasteiger partial charge in [0.15, 0.2) is 14.1 Å². The van der Waals surface area contributed by atoms with E-state index in [1.54, 1.807) is 22.9 Å². The maximum atomic E-state index is 14.1. The van der Waals surface area contributed by atoms with Crippen LogP contribution in [0.3, 0.4) is 0 Å². The van der Waals surface area contributed by atoms with Crippen molar-refractivity contribution in [2.45, 2.75) is 77.9 Å². The number of alkyl carbamates (subject to hydrolysis) is 1. The van der Waals surface area contributed by atoms with Gasteiger partial charge in [0.2, 0.25) is 0 Å². The van der Waals surface area contributed by atoms with Gasteiger partial charge >= 0.3 is 6.09 Å². The molecule has 2 heterocycles. The number of halogens is 2. The molecule has 0 fully saturated rings. The molecule has 0 bridgehead atoms. The molecule has 11 heteroatoms. The van der Waals surface area contributed by atoms with E-state index >= 15 is 0 Å². The first kappa shape index (κ1) is 30.6. The highest BCUT2D eigenvalue weighted by atomic mass is 35.5. The summed E-state index contributed by atoms with van der Waals surface area (Å²) in [6.07, 6.45) is 2.65. The van der Waals surface area contributed by atoms with Crippen LogP contribution in [0.25, 0.3) is 11.3 Å². The predicted molar refractivity (Wildman–Crippen MR) is 153 cm³/mol. The van der Waals surface area contributed by atoms with Crippen LogP contribution < -0.4 is 10.1 Å². The van der Waals surface area contributed by atoms with Crippen molar-refractivity contribution < 1.29 is 23.1 Å². The molecule has 0 saturated heterocycles. The number of pyridine rings is 1. The van der Waals surface area contributed by atoms with E-state index in [4.69, 9.17) is 30.6 Å². The normalized spacial score (nSPS) is 13.2. The van der Waals surface area contributed by atoms with E-state index in [1.165, 1.54) is 6.20 Å². The molecule has 0 aliphatic carbocycles. The highest BCUT2D eigenvalue weighted by Gasteiger charge is 2.38. The SMILES string of the molecule is CC(C)(C)OC(=O)N[C@H](CO[Si](C)(C)C(C)(C)C)Cn1ccc(-c2cccc(Oc3ncc(Cl)cc3F)c2)n1. The van der Waals surface area contributed by atoms with E-state index in [2.05, 4.69) is 44.2 Å². The van der Waals surface area contributed by atoms with Crippen LogP contribution in [0.15, 0.2) is 48.8 Å². The number of rotatable bonds is 9.